The maximum absolute atomic E-state index is 9.52. The number of anilines is 2. The highest BCUT2D eigenvalue weighted by molar-refractivity contribution is 5.58. The largest absolute Gasteiger partial charge is 0.399 e. The molecule has 1 aromatic rings. The lowest BCUT2D eigenvalue weighted by Gasteiger charge is -2.29. The number of rotatable bonds is 3. The maximum atomic E-state index is 9.52. The lowest BCUT2D eigenvalue weighted by Crippen LogP contribution is -2.39. The molecule has 1 aromatic carbocycles. The van der Waals surface area contributed by atoms with Crippen molar-refractivity contribution in [2.24, 2.45) is 0 Å². The van der Waals surface area contributed by atoms with Crippen LogP contribution >= 0.6 is 0 Å². The summed E-state index contributed by atoms with van der Waals surface area (Å²) in [5, 5.41) is 13.0. The Morgan fingerprint density at radius 3 is 2.56 bits per heavy atom. The highest BCUT2D eigenvalue weighted by atomic mass is 16.3. The summed E-state index contributed by atoms with van der Waals surface area (Å²) in [5.41, 5.74) is 8.63. The molecule has 1 aliphatic rings. The van der Waals surface area contributed by atoms with Gasteiger partial charge in [-0.1, -0.05) is 12.8 Å². The second-order valence-electron chi connectivity index (χ2n) is 4.90. The van der Waals surface area contributed by atoms with Crippen LogP contribution in [0, 0.1) is 6.92 Å². The van der Waals surface area contributed by atoms with Crippen LogP contribution in [0.25, 0.3) is 0 Å². The van der Waals surface area contributed by atoms with Crippen molar-refractivity contribution in [1.29, 1.82) is 0 Å². The van der Waals surface area contributed by atoms with Crippen molar-refractivity contribution in [3.8, 4) is 0 Å². The lowest BCUT2D eigenvalue weighted by molar-refractivity contribution is 0.214. The van der Waals surface area contributed by atoms with Crippen LogP contribution < -0.4 is 11.1 Å². The van der Waals surface area contributed by atoms with E-state index in [1.807, 2.05) is 19.1 Å². The standard InChI is InChI=1S/C13H20N2O/c1-10-6-11(14)8-12(7-10)15-13(9-16)4-2-3-5-13/h6-8,15-16H,2-5,9,14H2,1H3. The lowest BCUT2D eigenvalue weighted by atomic mass is 9.98. The molecule has 0 aliphatic heterocycles. The van der Waals surface area contributed by atoms with Crippen LogP contribution in [-0.4, -0.2) is 17.3 Å². The zero-order chi connectivity index (χ0) is 11.6. The highest BCUT2D eigenvalue weighted by Crippen LogP contribution is 2.33. The Morgan fingerprint density at radius 1 is 1.31 bits per heavy atom. The summed E-state index contributed by atoms with van der Waals surface area (Å²) in [6, 6.07) is 5.96. The Labute approximate surface area is 96.7 Å². The van der Waals surface area contributed by atoms with E-state index < -0.39 is 0 Å². The van der Waals surface area contributed by atoms with Crippen molar-refractivity contribution >= 4 is 11.4 Å². The summed E-state index contributed by atoms with van der Waals surface area (Å²) in [6.45, 7) is 2.22. The fraction of sp³-hybridized carbons (Fsp3) is 0.538. The number of aliphatic hydroxyl groups excluding tert-OH is 1. The first kappa shape index (κ1) is 11.3. The SMILES string of the molecule is Cc1cc(N)cc(NC2(CO)CCCC2)c1. The van der Waals surface area contributed by atoms with Crippen LogP contribution in [0.4, 0.5) is 11.4 Å². The molecule has 3 heteroatoms. The molecule has 1 fully saturated rings. The van der Waals surface area contributed by atoms with E-state index in [2.05, 4.69) is 11.4 Å². The minimum Gasteiger partial charge on any atom is -0.399 e. The molecule has 0 aromatic heterocycles. The third-order valence-corrected chi connectivity index (χ3v) is 3.37. The Bertz CT molecular complexity index is 350. The summed E-state index contributed by atoms with van der Waals surface area (Å²) < 4.78 is 0. The summed E-state index contributed by atoms with van der Waals surface area (Å²) >= 11 is 0. The first-order chi connectivity index (χ1) is 7.63. The zero-order valence-corrected chi connectivity index (χ0v) is 9.79. The van der Waals surface area contributed by atoms with Crippen molar-refractivity contribution in [3.05, 3.63) is 23.8 Å². The van der Waals surface area contributed by atoms with Gasteiger partial charge in [-0.15, -0.1) is 0 Å². The van der Waals surface area contributed by atoms with Crippen molar-refractivity contribution in [3.63, 3.8) is 0 Å². The van der Waals surface area contributed by atoms with E-state index in [1.54, 1.807) is 0 Å². The summed E-state index contributed by atoms with van der Waals surface area (Å²) in [7, 11) is 0. The van der Waals surface area contributed by atoms with Crippen molar-refractivity contribution < 1.29 is 5.11 Å². The molecule has 1 saturated carbocycles. The number of nitrogen functional groups attached to an aromatic ring is 1. The molecule has 0 heterocycles. The van der Waals surface area contributed by atoms with E-state index in [1.165, 1.54) is 12.8 Å². The molecule has 3 nitrogen and oxygen atoms in total. The van der Waals surface area contributed by atoms with Gasteiger partial charge in [0.05, 0.1) is 12.1 Å². The van der Waals surface area contributed by atoms with Gasteiger partial charge in [0, 0.05) is 11.4 Å². The molecular weight excluding hydrogens is 200 g/mol. The predicted octanol–water partition coefficient (Wildman–Crippen LogP) is 2.29. The number of benzene rings is 1. The van der Waals surface area contributed by atoms with Gasteiger partial charge in [-0.25, -0.2) is 0 Å². The normalized spacial score (nSPS) is 18.6. The second kappa shape index (κ2) is 4.34. The Morgan fingerprint density at radius 2 is 2.00 bits per heavy atom. The van der Waals surface area contributed by atoms with Gasteiger partial charge in [0.25, 0.3) is 0 Å². The fourth-order valence-electron chi connectivity index (χ4n) is 2.57. The molecular formula is C13H20N2O. The minimum absolute atomic E-state index is 0.125. The Balaban J connectivity index is 2.18. The number of hydrogen-bond acceptors (Lipinski definition) is 3. The highest BCUT2D eigenvalue weighted by Gasteiger charge is 2.32. The van der Waals surface area contributed by atoms with E-state index >= 15 is 0 Å². The molecule has 16 heavy (non-hydrogen) atoms. The van der Waals surface area contributed by atoms with Crippen LogP contribution in [-0.2, 0) is 0 Å². The molecule has 0 atom stereocenters. The van der Waals surface area contributed by atoms with Gasteiger partial charge in [-0.3, -0.25) is 0 Å². The molecule has 0 spiro atoms. The molecule has 0 unspecified atom stereocenters. The number of nitrogens with one attached hydrogen (secondary N) is 1. The van der Waals surface area contributed by atoms with Crippen molar-refractivity contribution in [2.45, 2.75) is 38.1 Å². The van der Waals surface area contributed by atoms with Gasteiger partial charge in [0.1, 0.15) is 0 Å². The van der Waals surface area contributed by atoms with Gasteiger partial charge in [-0.05, 0) is 43.5 Å². The van der Waals surface area contributed by atoms with Crippen LogP contribution in [0.3, 0.4) is 0 Å². The summed E-state index contributed by atoms with van der Waals surface area (Å²) in [6.07, 6.45) is 4.46. The third-order valence-electron chi connectivity index (χ3n) is 3.37. The number of hydrogen-bond donors (Lipinski definition) is 3. The third kappa shape index (κ3) is 2.30. The van der Waals surface area contributed by atoms with E-state index in [-0.39, 0.29) is 12.1 Å². The average Bonchev–Trinajstić information content (AvgIpc) is 2.65. The van der Waals surface area contributed by atoms with E-state index in [9.17, 15) is 5.11 Å². The van der Waals surface area contributed by atoms with Gasteiger partial charge in [-0.2, -0.15) is 0 Å². The number of aliphatic hydroxyl groups is 1. The van der Waals surface area contributed by atoms with Gasteiger partial charge in [0.15, 0.2) is 0 Å². The van der Waals surface area contributed by atoms with Crippen LogP contribution in [0.15, 0.2) is 18.2 Å². The van der Waals surface area contributed by atoms with Gasteiger partial charge >= 0.3 is 0 Å². The molecule has 1 aliphatic carbocycles. The van der Waals surface area contributed by atoms with E-state index in [0.717, 1.165) is 29.8 Å². The van der Waals surface area contributed by atoms with Gasteiger partial charge < -0.3 is 16.2 Å². The first-order valence-corrected chi connectivity index (χ1v) is 5.90. The van der Waals surface area contributed by atoms with Gasteiger partial charge in [0.2, 0.25) is 0 Å². The second-order valence-corrected chi connectivity index (χ2v) is 4.90. The molecule has 0 bridgehead atoms. The molecule has 0 radical (unpaired) electrons. The van der Waals surface area contributed by atoms with Crippen LogP contribution in [0.2, 0.25) is 0 Å². The molecule has 88 valence electrons. The topological polar surface area (TPSA) is 58.3 Å². The Hall–Kier alpha value is -1.22. The summed E-state index contributed by atoms with van der Waals surface area (Å²) in [4.78, 5) is 0. The maximum Gasteiger partial charge on any atom is 0.0661 e. The smallest absolute Gasteiger partial charge is 0.0661 e. The average molecular weight is 220 g/mol. The molecule has 0 saturated heterocycles. The van der Waals surface area contributed by atoms with Crippen LogP contribution in [0.5, 0.6) is 0 Å². The van der Waals surface area contributed by atoms with Crippen LogP contribution in [0.1, 0.15) is 31.2 Å². The molecule has 0 amide bonds. The fourth-order valence-corrected chi connectivity index (χ4v) is 2.57. The Kier molecular flexibility index (Phi) is 3.06. The predicted molar refractivity (Wildman–Crippen MR) is 67.5 cm³/mol. The molecule has 2 rings (SSSR count). The van der Waals surface area contributed by atoms with E-state index in [0.29, 0.717) is 0 Å². The zero-order valence-electron chi connectivity index (χ0n) is 9.79. The minimum atomic E-state index is -0.125. The van der Waals surface area contributed by atoms with E-state index in [4.69, 9.17) is 5.73 Å². The number of aryl methyl sites for hydroxylation is 1. The quantitative estimate of drug-likeness (QED) is 0.685. The van der Waals surface area contributed by atoms with Crippen molar-refractivity contribution in [2.75, 3.05) is 17.7 Å². The van der Waals surface area contributed by atoms with Crippen molar-refractivity contribution in [1.82, 2.24) is 0 Å². The first-order valence-electron chi connectivity index (χ1n) is 5.90. The number of nitrogens with two attached hydrogens (primary N) is 1. The monoisotopic (exact) mass is 220 g/mol. The summed E-state index contributed by atoms with van der Waals surface area (Å²) in [5.74, 6) is 0. The molecule has 4 N–H and O–H groups in total.